The average Bonchev–Trinajstić information content (AvgIpc) is 3.40. The van der Waals surface area contributed by atoms with Crippen LogP contribution in [0.4, 0.5) is 0 Å². The Hall–Kier alpha value is 0.309. The molecule has 3 rings (SSSR count). The molecular weight excluding hydrogens is 260 g/mol. The van der Waals surface area contributed by atoms with Gasteiger partial charge in [-0.3, -0.25) is 0 Å². The Morgan fingerprint density at radius 3 is 1.36 bits per heavy atom. The Bertz CT molecular complexity index is 510. The maximum atomic E-state index is 5.36. The molecule has 0 aromatic carbocycles. The molecule has 96 valence electrons. The molecular formula is C10H14B10O2. The molecule has 2 fully saturated rings. The second-order valence-electron chi connectivity index (χ2n) is 5.91. The molecule has 12 heteroatoms. The number of allylic oxidation sites excluding steroid dienone is 2. The molecule has 0 amide bonds. The van der Waals surface area contributed by atoms with Crippen molar-refractivity contribution in [3.63, 3.8) is 0 Å². The van der Waals surface area contributed by atoms with E-state index >= 15 is 0 Å². The van der Waals surface area contributed by atoms with Crippen molar-refractivity contribution in [2.75, 3.05) is 13.2 Å². The van der Waals surface area contributed by atoms with E-state index < -0.39 is 0 Å². The maximum absolute atomic E-state index is 5.36. The third kappa shape index (κ3) is 6.82. The number of epoxide rings is 2. The number of ether oxygens (including phenoxy) is 2. The summed E-state index contributed by atoms with van der Waals surface area (Å²) >= 11 is 0. The first-order chi connectivity index (χ1) is 10.9. The Kier molecular flexibility index (Phi) is 7.46. The van der Waals surface area contributed by atoms with Gasteiger partial charge in [0.25, 0.3) is 0 Å². The minimum atomic E-state index is 0.484. The zero-order chi connectivity index (χ0) is 15.0. The topological polar surface area (TPSA) is 25.1 Å². The Morgan fingerprint density at radius 2 is 1.00 bits per heavy atom. The van der Waals surface area contributed by atoms with Crippen molar-refractivity contribution in [3.8, 4) is 0 Å². The quantitative estimate of drug-likeness (QED) is 0.407. The van der Waals surface area contributed by atoms with Crippen LogP contribution in [0, 0.1) is 0 Å². The number of hydrogen-bond donors (Lipinski definition) is 0. The van der Waals surface area contributed by atoms with Crippen LogP contribution in [0.5, 0.6) is 0 Å². The van der Waals surface area contributed by atoms with Gasteiger partial charge in [-0.15, -0.1) is 0 Å². The Labute approximate surface area is 139 Å². The molecule has 3 aliphatic heterocycles. The normalized spacial score (nSPS) is 26.5. The van der Waals surface area contributed by atoms with E-state index in [-0.39, 0.29) is 0 Å². The predicted octanol–water partition coefficient (Wildman–Crippen LogP) is -2.15. The summed E-state index contributed by atoms with van der Waals surface area (Å²) in [6.45, 7) is 23.0. The molecule has 22 heavy (non-hydrogen) atoms. The van der Waals surface area contributed by atoms with E-state index in [1.807, 2.05) is 13.4 Å². The van der Waals surface area contributed by atoms with E-state index in [1.54, 1.807) is 0 Å². The zero-order valence-corrected chi connectivity index (χ0v) is 13.0. The van der Waals surface area contributed by atoms with Crippen molar-refractivity contribution in [1.29, 1.82) is 0 Å². The molecule has 0 aromatic heterocycles. The summed E-state index contributed by atoms with van der Waals surface area (Å²) in [5.74, 6) is 0. The molecule has 0 N–H and O–H groups in total. The fourth-order valence-electron chi connectivity index (χ4n) is 2.53. The van der Waals surface area contributed by atoms with Gasteiger partial charge in [-0.1, -0.05) is 0 Å². The molecule has 2 nitrogen and oxygen atoms in total. The van der Waals surface area contributed by atoms with E-state index in [4.69, 9.17) is 9.47 Å². The van der Waals surface area contributed by atoms with Crippen molar-refractivity contribution in [1.82, 2.24) is 0 Å². The van der Waals surface area contributed by atoms with Crippen LogP contribution in [-0.2, 0) is 9.47 Å². The van der Waals surface area contributed by atoms with E-state index in [9.17, 15) is 0 Å². The van der Waals surface area contributed by atoms with Crippen LogP contribution in [0.2, 0.25) is 0 Å². The fourth-order valence-corrected chi connectivity index (χ4v) is 2.53. The molecule has 2 saturated heterocycles. The van der Waals surface area contributed by atoms with Gasteiger partial charge in [0.15, 0.2) is 0 Å². The summed E-state index contributed by atoms with van der Waals surface area (Å²) < 4.78 is 10.7. The monoisotopic (exact) mass is 276 g/mol. The minimum absolute atomic E-state index is 0.484. The second kappa shape index (κ2) is 9.57. The molecule has 0 aromatic rings. The van der Waals surface area contributed by atoms with Crippen molar-refractivity contribution >= 4 is 67.1 Å². The molecule has 3 heterocycles. The molecule has 3 aliphatic rings. The first-order valence-corrected chi connectivity index (χ1v) is 8.22. The van der Waals surface area contributed by atoms with Crippen LogP contribution >= 0.6 is 0 Å². The van der Waals surface area contributed by atoms with Crippen LogP contribution in [0.1, 0.15) is 25.7 Å². The second-order valence-corrected chi connectivity index (χ2v) is 5.91. The standard InChI is InChI=1S/C10H14B10O2/c1(7-5-21-7)3-9-10(4-2-8-6-22-8)12-14-16-18-20-19-17-15-13-11-9/h7-8H,1-6H2/b10-9-. The summed E-state index contributed by atoms with van der Waals surface area (Å²) in [4.78, 5) is 0. The van der Waals surface area contributed by atoms with Gasteiger partial charge in [-0.25, -0.2) is 0 Å². The van der Waals surface area contributed by atoms with Crippen LogP contribution in [-0.4, -0.2) is 92.6 Å². The van der Waals surface area contributed by atoms with E-state index in [0.29, 0.717) is 12.2 Å². The molecule has 0 saturated carbocycles. The van der Waals surface area contributed by atoms with E-state index in [1.165, 1.54) is 10.9 Å². The predicted molar refractivity (Wildman–Crippen MR) is 103 cm³/mol. The summed E-state index contributed by atoms with van der Waals surface area (Å²) in [6, 6.07) is 0. The molecule has 2 atom stereocenters. The van der Waals surface area contributed by atoms with Gasteiger partial charge in [-0.2, -0.15) is 0 Å². The van der Waals surface area contributed by atoms with Crippen molar-refractivity contribution in [3.05, 3.63) is 10.9 Å². The van der Waals surface area contributed by atoms with E-state index in [2.05, 4.69) is 53.8 Å². The molecule has 0 bridgehead atoms. The van der Waals surface area contributed by atoms with Crippen LogP contribution in [0.25, 0.3) is 0 Å². The average molecular weight is 274 g/mol. The van der Waals surface area contributed by atoms with Crippen LogP contribution < -0.4 is 0 Å². The van der Waals surface area contributed by atoms with Gasteiger partial charge in [0.05, 0.1) is 0 Å². The Balaban J connectivity index is 1.76. The molecule has 0 radical (unpaired) electrons. The number of rotatable bonds is 6. The van der Waals surface area contributed by atoms with Gasteiger partial charge < -0.3 is 0 Å². The van der Waals surface area contributed by atoms with Gasteiger partial charge in [0.2, 0.25) is 0 Å². The van der Waals surface area contributed by atoms with Gasteiger partial charge >= 0.3 is 139 Å². The summed E-state index contributed by atoms with van der Waals surface area (Å²) in [6.07, 6.45) is 5.38. The Morgan fingerprint density at radius 1 is 0.636 bits per heavy atom. The zero-order valence-electron chi connectivity index (χ0n) is 13.0. The first-order valence-electron chi connectivity index (χ1n) is 8.22. The third-order valence-electron chi connectivity index (χ3n) is 4.06. The van der Waals surface area contributed by atoms with Gasteiger partial charge in [0.1, 0.15) is 0 Å². The third-order valence-corrected chi connectivity index (χ3v) is 4.06. The summed E-state index contributed by atoms with van der Waals surface area (Å²) in [7, 11) is 0. The molecule has 2 unspecified atom stereocenters. The van der Waals surface area contributed by atoms with Gasteiger partial charge in [0, 0.05) is 0 Å². The van der Waals surface area contributed by atoms with Crippen molar-refractivity contribution in [2.45, 2.75) is 37.9 Å². The number of hydrogen-bond acceptors (Lipinski definition) is 2. The van der Waals surface area contributed by atoms with Crippen molar-refractivity contribution < 1.29 is 9.47 Å². The fraction of sp³-hybridized carbons (Fsp3) is 0.800. The molecule has 0 aliphatic carbocycles. The van der Waals surface area contributed by atoms with Crippen LogP contribution in [0.15, 0.2) is 10.9 Å². The molecule has 0 spiro atoms. The van der Waals surface area contributed by atoms with Crippen LogP contribution in [0.3, 0.4) is 0 Å². The van der Waals surface area contributed by atoms with Gasteiger partial charge in [-0.05, 0) is 0 Å². The SMILES string of the molecule is B1=BB=BB=B/C(CCC2CO2)=C(/CCC2CO2)B=BB=B1. The summed E-state index contributed by atoms with van der Waals surface area (Å²) in [5.41, 5.74) is 2.85. The first kappa shape index (κ1) is 17.1. The van der Waals surface area contributed by atoms with E-state index in [0.717, 1.165) is 38.9 Å². The van der Waals surface area contributed by atoms with Crippen molar-refractivity contribution in [2.24, 2.45) is 0 Å². The summed E-state index contributed by atoms with van der Waals surface area (Å²) in [5, 5.41) is 0.